The van der Waals surface area contributed by atoms with Gasteiger partial charge in [-0.2, -0.15) is 0 Å². The van der Waals surface area contributed by atoms with Crippen LogP contribution in [-0.4, -0.2) is 11.6 Å². The minimum absolute atomic E-state index is 0.0541. The summed E-state index contributed by atoms with van der Waals surface area (Å²) in [7, 11) is 0. The quantitative estimate of drug-likeness (QED) is 0.653. The summed E-state index contributed by atoms with van der Waals surface area (Å²) in [6.45, 7) is 10.6. The largest absolute Gasteiger partial charge is 0.300 e. The van der Waals surface area contributed by atoms with Gasteiger partial charge in [0, 0.05) is 12.3 Å². The average Bonchev–Trinajstić information content (AvgIpc) is 2.93. The molecule has 3 fully saturated rings. The molecule has 1 unspecified atom stereocenters. The first-order valence-corrected chi connectivity index (χ1v) is 10.2. The third-order valence-electron chi connectivity index (χ3n) is 8.82. The number of carbonyl (C=O) groups is 2. The van der Waals surface area contributed by atoms with Crippen LogP contribution in [0.25, 0.3) is 0 Å². The van der Waals surface area contributed by atoms with E-state index in [1.165, 1.54) is 24.8 Å². The first-order valence-electron chi connectivity index (χ1n) is 10.2. The van der Waals surface area contributed by atoms with Crippen molar-refractivity contribution < 1.29 is 9.59 Å². The molecule has 0 aromatic carbocycles. The van der Waals surface area contributed by atoms with Crippen LogP contribution in [0.2, 0.25) is 0 Å². The molecule has 2 nitrogen and oxygen atoms in total. The molecule has 25 heavy (non-hydrogen) atoms. The second-order valence-corrected chi connectivity index (χ2v) is 9.65. The van der Waals surface area contributed by atoms with Crippen LogP contribution in [0.1, 0.15) is 65.7 Å². The molecule has 0 saturated heterocycles. The molecule has 0 aromatic rings. The van der Waals surface area contributed by atoms with E-state index >= 15 is 0 Å². The third kappa shape index (κ3) is 2.22. The molecule has 2 heteroatoms. The SMILES string of the molecule is C=CC1C(=O)CC[C@@]2(C)C1=CC[C@H]1[C@@H]3CC[C@H](C(C)=O)[C@@]3(C)CC[C@@H]12. The Morgan fingerprint density at radius 1 is 1.20 bits per heavy atom. The second kappa shape index (κ2) is 5.66. The summed E-state index contributed by atoms with van der Waals surface area (Å²) in [6.07, 6.45) is 11.8. The number of carbonyl (C=O) groups excluding carboxylic acids is 2. The lowest BCUT2D eigenvalue weighted by molar-refractivity contribution is -0.130. The molecule has 4 aliphatic carbocycles. The van der Waals surface area contributed by atoms with Crippen LogP contribution >= 0.6 is 0 Å². The first kappa shape index (κ1) is 17.2. The number of fused-ring (bicyclic) bond motifs is 5. The highest BCUT2D eigenvalue weighted by Gasteiger charge is 2.60. The molecule has 4 rings (SSSR count). The molecule has 0 radical (unpaired) electrons. The van der Waals surface area contributed by atoms with Gasteiger partial charge < -0.3 is 0 Å². The van der Waals surface area contributed by atoms with Crippen molar-refractivity contribution in [2.24, 2.45) is 40.4 Å². The van der Waals surface area contributed by atoms with E-state index in [0.29, 0.717) is 35.7 Å². The fraction of sp³-hybridized carbons (Fsp3) is 0.739. The normalized spacial score (nSPS) is 48.8. The highest BCUT2D eigenvalue weighted by atomic mass is 16.1. The number of rotatable bonds is 2. The Morgan fingerprint density at radius 2 is 1.96 bits per heavy atom. The Bertz CT molecular complexity index is 659. The maximum atomic E-state index is 12.4. The molecule has 7 atom stereocenters. The van der Waals surface area contributed by atoms with Gasteiger partial charge in [-0.05, 0) is 74.0 Å². The molecular weight excluding hydrogens is 308 g/mol. The number of hydrogen-bond donors (Lipinski definition) is 0. The molecule has 4 aliphatic rings. The van der Waals surface area contributed by atoms with E-state index < -0.39 is 0 Å². The lowest BCUT2D eigenvalue weighted by Crippen LogP contribution is -2.52. The van der Waals surface area contributed by atoms with Gasteiger partial charge in [0.15, 0.2) is 0 Å². The van der Waals surface area contributed by atoms with E-state index in [9.17, 15) is 9.59 Å². The van der Waals surface area contributed by atoms with Crippen molar-refractivity contribution in [3.8, 4) is 0 Å². The molecular formula is C23H32O2. The zero-order valence-corrected chi connectivity index (χ0v) is 16.0. The van der Waals surface area contributed by atoms with Crippen LogP contribution in [-0.2, 0) is 9.59 Å². The van der Waals surface area contributed by atoms with E-state index in [4.69, 9.17) is 0 Å². The zero-order valence-electron chi connectivity index (χ0n) is 16.0. The molecule has 0 N–H and O–H groups in total. The summed E-state index contributed by atoms with van der Waals surface area (Å²) in [5.74, 6) is 3.01. The van der Waals surface area contributed by atoms with Crippen LogP contribution in [0.5, 0.6) is 0 Å². The zero-order chi connectivity index (χ0) is 18.0. The van der Waals surface area contributed by atoms with Gasteiger partial charge in [-0.3, -0.25) is 9.59 Å². The molecule has 0 spiro atoms. The van der Waals surface area contributed by atoms with Crippen LogP contribution < -0.4 is 0 Å². The van der Waals surface area contributed by atoms with Crippen molar-refractivity contribution in [1.29, 1.82) is 0 Å². The van der Waals surface area contributed by atoms with Crippen molar-refractivity contribution >= 4 is 11.6 Å². The smallest absolute Gasteiger partial charge is 0.143 e. The van der Waals surface area contributed by atoms with Gasteiger partial charge in [-0.25, -0.2) is 0 Å². The van der Waals surface area contributed by atoms with Crippen LogP contribution in [0, 0.1) is 40.4 Å². The maximum Gasteiger partial charge on any atom is 0.143 e. The summed E-state index contributed by atoms with van der Waals surface area (Å²) in [5, 5.41) is 0. The monoisotopic (exact) mass is 340 g/mol. The summed E-state index contributed by atoms with van der Waals surface area (Å²) >= 11 is 0. The molecule has 0 aromatic heterocycles. The molecule has 0 bridgehead atoms. The van der Waals surface area contributed by atoms with Crippen molar-refractivity contribution in [3.05, 3.63) is 24.3 Å². The van der Waals surface area contributed by atoms with Gasteiger partial charge in [-0.1, -0.05) is 31.6 Å². The Kier molecular flexibility index (Phi) is 3.90. The Labute approximate surface area is 152 Å². The van der Waals surface area contributed by atoms with Crippen molar-refractivity contribution in [2.75, 3.05) is 0 Å². The fourth-order valence-corrected chi connectivity index (χ4v) is 7.57. The van der Waals surface area contributed by atoms with Gasteiger partial charge in [0.05, 0.1) is 5.92 Å². The number of hydrogen-bond acceptors (Lipinski definition) is 2. The van der Waals surface area contributed by atoms with E-state index in [-0.39, 0.29) is 22.7 Å². The van der Waals surface area contributed by atoms with E-state index in [0.717, 1.165) is 19.3 Å². The number of ketones is 2. The van der Waals surface area contributed by atoms with Gasteiger partial charge in [0.25, 0.3) is 0 Å². The van der Waals surface area contributed by atoms with Gasteiger partial charge in [0.1, 0.15) is 11.6 Å². The van der Waals surface area contributed by atoms with Crippen molar-refractivity contribution in [2.45, 2.75) is 65.7 Å². The topological polar surface area (TPSA) is 34.1 Å². The summed E-state index contributed by atoms with van der Waals surface area (Å²) in [4.78, 5) is 24.6. The first-order chi connectivity index (χ1) is 11.8. The molecule has 136 valence electrons. The lowest BCUT2D eigenvalue weighted by atomic mass is 9.46. The van der Waals surface area contributed by atoms with Crippen LogP contribution in [0.4, 0.5) is 0 Å². The molecule has 0 heterocycles. The van der Waals surface area contributed by atoms with E-state index in [1.54, 1.807) is 6.92 Å². The Balaban J connectivity index is 1.70. The minimum atomic E-state index is -0.0541. The summed E-state index contributed by atoms with van der Waals surface area (Å²) in [6, 6.07) is 0. The number of Topliss-reactive ketones (excluding diaryl/α,β-unsaturated/α-hetero) is 2. The van der Waals surface area contributed by atoms with Crippen molar-refractivity contribution in [1.82, 2.24) is 0 Å². The van der Waals surface area contributed by atoms with Crippen molar-refractivity contribution in [3.63, 3.8) is 0 Å². The van der Waals surface area contributed by atoms with Gasteiger partial charge >= 0.3 is 0 Å². The molecule has 0 amide bonds. The van der Waals surface area contributed by atoms with Crippen LogP contribution in [0.3, 0.4) is 0 Å². The lowest BCUT2D eigenvalue weighted by Gasteiger charge is -2.58. The highest BCUT2D eigenvalue weighted by Crippen LogP contribution is 2.66. The average molecular weight is 341 g/mol. The minimum Gasteiger partial charge on any atom is -0.300 e. The van der Waals surface area contributed by atoms with Gasteiger partial charge in [-0.15, -0.1) is 6.58 Å². The molecule has 3 saturated carbocycles. The predicted octanol–water partition coefficient (Wildman–Crippen LogP) is 5.14. The van der Waals surface area contributed by atoms with Gasteiger partial charge in [0.2, 0.25) is 0 Å². The van der Waals surface area contributed by atoms with E-state index in [2.05, 4.69) is 26.5 Å². The van der Waals surface area contributed by atoms with Crippen LogP contribution in [0.15, 0.2) is 24.3 Å². The predicted molar refractivity (Wildman–Crippen MR) is 100.0 cm³/mol. The maximum absolute atomic E-state index is 12.4. The standard InChI is InChI=1S/C23H32O2/c1-5-15-18-7-6-16-19-9-8-17(14(2)24)22(19,3)12-10-20(16)23(18,4)13-11-21(15)25/h5,7,15-17,19-20H,1,6,8-13H2,2-4H3/t15?,16-,17+,19-,20-,22+,23-/m0/s1. The van der Waals surface area contributed by atoms with E-state index in [1.807, 2.05) is 6.08 Å². The fourth-order valence-electron chi connectivity index (χ4n) is 7.57. The number of allylic oxidation sites excluding steroid dienone is 3. The highest BCUT2D eigenvalue weighted by molar-refractivity contribution is 5.87. The summed E-state index contributed by atoms with van der Waals surface area (Å²) in [5.41, 5.74) is 1.73. The Hall–Kier alpha value is -1.18. The third-order valence-corrected chi connectivity index (χ3v) is 8.82. The molecule has 0 aliphatic heterocycles. The summed E-state index contributed by atoms with van der Waals surface area (Å²) < 4.78 is 0. The second-order valence-electron chi connectivity index (χ2n) is 9.65. The Morgan fingerprint density at radius 3 is 2.64 bits per heavy atom.